The van der Waals surface area contributed by atoms with Crippen LogP contribution in [0.2, 0.25) is 0 Å². The average molecular weight is 217 g/mol. The van der Waals surface area contributed by atoms with Gasteiger partial charge in [-0.3, -0.25) is 10.1 Å². The lowest BCUT2D eigenvalue weighted by molar-refractivity contribution is -0.384. The van der Waals surface area contributed by atoms with Gasteiger partial charge in [-0.25, -0.2) is 0 Å². The van der Waals surface area contributed by atoms with Crippen molar-refractivity contribution >= 4 is 5.69 Å². The smallest absolute Gasteiger partial charge is 0.269 e. The standard InChI is InChI=1S/C12H11NO3/c1-3-5-11(4-2)16-12-8-6-10(7-9-12)13(14)15/h3-9H,1-2H2/b11-5+. The van der Waals surface area contributed by atoms with Gasteiger partial charge >= 0.3 is 0 Å². The van der Waals surface area contributed by atoms with Gasteiger partial charge in [-0.15, -0.1) is 0 Å². The van der Waals surface area contributed by atoms with Gasteiger partial charge in [-0.05, 0) is 24.3 Å². The molecule has 4 nitrogen and oxygen atoms in total. The SMILES string of the molecule is C=C/C=C(\C=C)Oc1ccc([N+](=O)[O-])cc1. The van der Waals surface area contributed by atoms with Crippen molar-refractivity contribution in [1.82, 2.24) is 0 Å². The van der Waals surface area contributed by atoms with E-state index in [0.717, 1.165) is 0 Å². The number of benzene rings is 1. The Labute approximate surface area is 93.3 Å². The van der Waals surface area contributed by atoms with Crippen molar-refractivity contribution in [2.75, 3.05) is 0 Å². The number of nitro benzene ring substituents is 1. The summed E-state index contributed by atoms with van der Waals surface area (Å²) in [6.07, 6.45) is 4.75. The van der Waals surface area contributed by atoms with Crippen molar-refractivity contribution in [2.24, 2.45) is 0 Å². The van der Waals surface area contributed by atoms with Crippen LogP contribution >= 0.6 is 0 Å². The number of rotatable bonds is 5. The first-order chi connectivity index (χ1) is 7.67. The molecule has 0 spiro atoms. The van der Waals surface area contributed by atoms with Crippen molar-refractivity contribution in [2.45, 2.75) is 0 Å². The third kappa shape index (κ3) is 3.09. The van der Waals surface area contributed by atoms with Crippen LogP contribution in [-0.2, 0) is 0 Å². The van der Waals surface area contributed by atoms with E-state index in [0.29, 0.717) is 11.5 Å². The van der Waals surface area contributed by atoms with E-state index in [4.69, 9.17) is 4.74 Å². The lowest BCUT2D eigenvalue weighted by Gasteiger charge is -2.04. The summed E-state index contributed by atoms with van der Waals surface area (Å²) in [5.41, 5.74) is 0.0280. The van der Waals surface area contributed by atoms with Gasteiger partial charge in [0, 0.05) is 12.1 Å². The fraction of sp³-hybridized carbons (Fsp3) is 0. The molecule has 0 aliphatic heterocycles. The normalized spacial score (nSPS) is 10.6. The Kier molecular flexibility index (Phi) is 4.03. The lowest BCUT2D eigenvalue weighted by Crippen LogP contribution is -1.92. The van der Waals surface area contributed by atoms with Crippen molar-refractivity contribution in [3.05, 3.63) is 71.5 Å². The van der Waals surface area contributed by atoms with E-state index in [2.05, 4.69) is 13.2 Å². The fourth-order valence-electron chi connectivity index (χ4n) is 1.03. The Bertz CT molecular complexity index is 432. The Hall–Kier alpha value is -2.36. The zero-order valence-electron chi connectivity index (χ0n) is 8.63. The molecule has 0 fully saturated rings. The number of hydrogen-bond donors (Lipinski definition) is 0. The Morgan fingerprint density at radius 2 is 1.94 bits per heavy atom. The zero-order chi connectivity index (χ0) is 12.0. The van der Waals surface area contributed by atoms with Crippen molar-refractivity contribution < 1.29 is 9.66 Å². The molecule has 1 rings (SSSR count). The molecule has 0 amide bonds. The fourth-order valence-corrected chi connectivity index (χ4v) is 1.03. The summed E-state index contributed by atoms with van der Waals surface area (Å²) >= 11 is 0. The summed E-state index contributed by atoms with van der Waals surface area (Å²) in [5.74, 6) is 1.04. The van der Waals surface area contributed by atoms with Crippen LogP contribution in [0.3, 0.4) is 0 Å². The minimum atomic E-state index is -0.461. The number of hydrogen-bond acceptors (Lipinski definition) is 3. The molecule has 0 aromatic heterocycles. The van der Waals surface area contributed by atoms with Crippen LogP contribution in [0.5, 0.6) is 5.75 Å². The van der Waals surface area contributed by atoms with Crippen LogP contribution in [0.15, 0.2) is 61.4 Å². The Balaban J connectivity index is 2.82. The first-order valence-electron chi connectivity index (χ1n) is 4.55. The van der Waals surface area contributed by atoms with Crippen molar-refractivity contribution in [1.29, 1.82) is 0 Å². The Morgan fingerprint density at radius 3 is 2.38 bits per heavy atom. The van der Waals surface area contributed by atoms with Gasteiger partial charge in [-0.1, -0.05) is 19.2 Å². The number of nitro groups is 1. The molecule has 0 atom stereocenters. The molecule has 0 saturated carbocycles. The van der Waals surface area contributed by atoms with Gasteiger partial charge < -0.3 is 4.74 Å². The van der Waals surface area contributed by atoms with Crippen LogP contribution in [0.25, 0.3) is 0 Å². The van der Waals surface area contributed by atoms with Gasteiger partial charge in [0.05, 0.1) is 4.92 Å². The quantitative estimate of drug-likeness (QED) is 0.329. The molecule has 0 aliphatic carbocycles. The maximum absolute atomic E-state index is 10.4. The first kappa shape index (κ1) is 11.7. The zero-order valence-corrected chi connectivity index (χ0v) is 8.63. The summed E-state index contributed by atoms with van der Waals surface area (Å²) in [7, 11) is 0. The largest absolute Gasteiger partial charge is 0.457 e. The maximum Gasteiger partial charge on any atom is 0.269 e. The summed E-state index contributed by atoms with van der Waals surface area (Å²) in [5, 5.41) is 10.4. The van der Waals surface area contributed by atoms with Crippen LogP contribution in [-0.4, -0.2) is 4.92 Å². The molecular formula is C12H11NO3. The molecule has 0 saturated heterocycles. The molecule has 0 bridgehead atoms. The highest BCUT2D eigenvalue weighted by Crippen LogP contribution is 2.19. The molecule has 0 unspecified atom stereocenters. The van der Waals surface area contributed by atoms with Gasteiger partial charge in [0.15, 0.2) is 0 Å². The number of allylic oxidation sites excluding steroid dienone is 3. The molecule has 4 heteroatoms. The van der Waals surface area contributed by atoms with Gasteiger partial charge in [0.25, 0.3) is 5.69 Å². The molecule has 16 heavy (non-hydrogen) atoms. The minimum Gasteiger partial charge on any atom is -0.457 e. The summed E-state index contributed by atoms with van der Waals surface area (Å²) in [6.45, 7) is 7.11. The van der Waals surface area contributed by atoms with Gasteiger partial charge in [0.1, 0.15) is 11.5 Å². The van der Waals surface area contributed by atoms with Crippen LogP contribution < -0.4 is 4.74 Å². The third-order valence-corrected chi connectivity index (χ3v) is 1.77. The Morgan fingerprint density at radius 1 is 1.31 bits per heavy atom. The number of non-ortho nitro benzene ring substituents is 1. The van der Waals surface area contributed by atoms with E-state index in [1.807, 2.05) is 0 Å². The summed E-state index contributed by atoms with van der Waals surface area (Å²) in [4.78, 5) is 9.96. The van der Waals surface area contributed by atoms with Gasteiger partial charge in [0.2, 0.25) is 0 Å². The average Bonchev–Trinajstić information content (AvgIpc) is 2.29. The second-order valence-electron chi connectivity index (χ2n) is 2.86. The highest BCUT2D eigenvalue weighted by molar-refractivity contribution is 5.37. The van der Waals surface area contributed by atoms with Gasteiger partial charge in [-0.2, -0.15) is 0 Å². The predicted octanol–water partition coefficient (Wildman–Crippen LogP) is 3.23. The maximum atomic E-state index is 10.4. The van der Waals surface area contributed by atoms with Crippen LogP contribution in [0.1, 0.15) is 0 Å². The van der Waals surface area contributed by atoms with Crippen LogP contribution in [0.4, 0.5) is 5.69 Å². The third-order valence-electron chi connectivity index (χ3n) is 1.77. The topological polar surface area (TPSA) is 52.4 Å². The highest BCUT2D eigenvalue weighted by atomic mass is 16.6. The van der Waals surface area contributed by atoms with Crippen molar-refractivity contribution in [3.63, 3.8) is 0 Å². The lowest BCUT2D eigenvalue weighted by atomic mass is 10.3. The molecule has 0 heterocycles. The number of nitrogens with zero attached hydrogens (tertiary/aromatic N) is 1. The van der Waals surface area contributed by atoms with E-state index in [9.17, 15) is 10.1 Å². The van der Waals surface area contributed by atoms with E-state index < -0.39 is 4.92 Å². The summed E-state index contributed by atoms with van der Waals surface area (Å²) < 4.78 is 5.39. The van der Waals surface area contributed by atoms with E-state index >= 15 is 0 Å². The molecule has 1 aromatic carbocycles. The first-order valence-corrected chi connectivity index (χ1v) is 4.55. The van der Waals surface area contributed by atoms with Crippen LogP contribution in [0, 0.1) is 10.1 Å². The minimum absolute atomic E-state index is 0.0280. The molecule has 1 aromatic rings. The highest BCUT2D eigenvalue weighted by Gasteiger charge is 2.04. The predicted molar refractivity (Wildman–Crippen MR) is 62.2 cm³/mol. The second-order valence-corrected chi connectivity index (χ2v) is 2.86. The molecular weight excluding hydrogens is 206 g/mol. The van der Waals surface area contributed by atoms with E-state index in [1.54, 1.807) is 12.2 Å². The monoisotopic (exact) mass is 217 g/mol. The molecule has 0 aliphatic rings. The second kappa shape index (κ2) is 5.50. The molecule has 82 valence electrons. The van der Waals surface area contributed by atoms with E-state index in [-0.39, 0.29) is 5.69 Å². The molecule has 0 radical (unpaired) electrons. The molecule has 0 N–H and O–H groups in total. The van der Waals surface area contributed by atoms with E-state index in [1.165, 1.54) is 30.3 Å². The number of ether oxygens (including phenoxy) is 1. The van der Waals surface area contributed by atoms with Crippen molar-refractivity contribution in [3.8, 4) is 5.75 Å². The summed E-state index contributed by atoms with van der Waals surface area (Å²) in [6, 6.07) is 5.81.